The van der Waals surface area contributed by atoms with Gasteiger partial charge in [0.2, 0.25) is 0 Å². The van der Waals surface area contributed by atoms with Gasteiger partial charge in [0.05, 0.1) is 5.02 Å². The summed E-state index contributed by atoms with van der Waals surface area (Å²) < 4.78 is 4.64. The number of hydrogen-bond donors (Lipinski definition) is 2. The molecule has 0 amide bonds. The zero-order valence-corrected chi connectivity index (χ0v) is 7.50. The molecule has 0 saturated carbocycles. The highest BCUT2D eigenvalue weighted by Gasteiger charge is 2.08. The van der Waals surface area contributed by atoms with Crippen molar-refractivity contribution in [1.29, 1.82) is 0 Å². The van der Waals surface area contributed by atoms with Gasteiger partial charge in [0.1, 0.15) is 5.75 Å². The van der Waals surface area contributed by atoms with Gasteiger partial charge in [-0.15, -0.1) is 0 Å². The number of phenolic OH excluding ortho intramolecular Hbond substituents is 2. The Balaban J connectivity index is 3.06. The van der Waals surface area contributed by atoms with Gasteiger partial charge < -0.3 is 14.9 Å². The molecule has 0 radical (unpaired) electrons. The number of hydrogen-bond acceptors (Lipinski definition) is 4. The minimum absolute atomic E-state index is 0.0729. The molecule has 0 fully saturated rings. The highest BCUT2D eigenvalue weighted by molar-refractivity contribution is 6.32. The second-order valence-corrected chi connectivity index (χ2v) is 2.77. The van der Waals surface area contributed by atoms with E-state index in [4.69, 9.17) is 21.8 Å². The Hall–Kier alpha value is -1.42. The van der Waals surface area contributed by atoms with Crippen molar-refractivity contribution < 1.29 is 19.7 Å². The van der Waals surface area contributed by atoms with Gasteiger partial charge in [-0.2, -0.15) is 0 Å². The first kappa shape index (κ1) is 9.67. The molecule has 0 aromatic heterocycles. The predicted molar refractivity (Wildman–Crippen MR) is 46.1 cm³/mol. The monoisotopic (exact) mass is 202 g/mol. The van der Waals surface area contributed by atoms with E-state index in [9.17, 15) is 4.79 Å². The number of aromatic hydroxyl groups is 2. The number of rotatable bonds is 1. The highest BCUT2D eigenvalue weighted by atomic mass is 35.5. The summed E-state index contributed by atoms with van der Waals surface area (Å²) in [4.78, 5) is 10.5. The molecule has 0 aliphatic heterocycles. The van der Waals surface area contributed by atoms with Crippen molar-refractivity contribution in [3.05, 3.63) is 17.2 Å². The lowest BCUT2D eigenvalue weighted by Gasteiger charge is -2.04. The first-order valence-electron chi connectivity index (χ1n) is 3.40. The topological polar surface area (TPSA) is 66.8 Å². The third kappa shape index (κ3) is 2.26. The zero-order valence-electron chi connectivity index (χ0n) is 6.74. The molecule has 0 aliphatic carbocycles. The Labute approximate surface area is 79.3 Å². The molecule has 0 bridgehead atoms. The molecular weight excluding hydrogens is 196 g/mol. The van der Waals surface area contributed by atoms with E-state index in [1.54, 1.807) is 0 Å². The number of benzene rings is 1. The third-order valence-corrected chi connectivity index (χ3v) is 1.57. The normalized spacial score (nSPS) is 9.69. The average molecular weight is 203 g/mol. The summed E-state index contributed by atoms with van der Waals surface area (Å²) in [5.41, 5.74) is 0. The summed E-state index contributed by atoms with van der Waals surface area (Å²) in [5, 5.41) is 18.0. The summed E-state index contributed by atoms with van der Waals surface area (Å²) in [7, 11) is 0. The Kier molecular flexibility index (Phi) is 2.63. The lowest BCUT2D eigenvalue weighted by molar-refractivity contribution is -0.131. The first-order valence-corrected chi connectivity index (χ1v) is 3.78. The van der Waals surface area contributed by atoms with Gasteiger partial charge >= 0.3 is 5.97 Å². The van der Waals surface area contributed by atoms with Crippen LogP contribution in [0.4, 0.5) is 0 Å². The largest absolute Gasteiger partial charge is 0.504 e. The standard InChI is InChI=1S/C8H7ClO4/c1-4(10)13-5-2-6(9)8(12)7(11)3-5/h2-3,11-12H,1H3. The molecule has 2 N–H and O–H groups in total. The summed E-state index contributed by atoms with van der Waals surface area (Å²) in [6.07, 6.45) is 0. The summed E-state index contributed by atoms with van der Waals surface area (Å²) in [5.74, 6) is -1.30. The van der Waals surface area contributed by atoms with Crippen LogP contribution in [-0.2, 0) is 4.79 Å². The fourth-order valence-corrected chi connectivity index (χ4v) is 0.990. The van der Waals surface area contributed by atoms with Crippen molar-refractivity contribution in [1.82, 2.24) is 0 Å². The van der Waals surface area contributed by atoms with E-state index in [1.165, 1.54) is 13.0 Å². The van der Waals surface area contributed by atoms with Crippen LogP contribution in [0.25, 0.3) is 0 Å². The number of phenols is 2. The van der Waals surface area contributed by atoms with Crippen LogP contribution in [0.2, 0.25) is 5.02 Å². The Bertz CT molecular complexity index is 325. The minimum atomic E-state index is -0.527. The first-order chi connectivity index (χ1) is 6.00. The summed E-state index contributed by atoms with van der Waals surface area (Å²) in [6, 6.07) is 2.33. The van der Waals surface area contributed by atoms with E-state index < -0.39 is 17.5 Å². The lowest BCUT2D eigenvalue weighted by atomic mass is 10.3. The van der Waals surface area contributed by atoms with Gasteiger partial charge in [-0.3, -0.25) is 4.79 Å². The van der Waals surface area contributed by atoms with Crippen molar-refractivity contribution in [2.75, 3.05) is 0 Å². The van der Waals surface area contributed by atoms with E-state index in [2.05, 4.69) is 4.74 Å². The van der Waals surface area contributed by atoms with Crippen molar-refractivity contribution in [2.24, 2.45) is 0 Å². The van der Waals surface area contributed by atoms with Crippen molar-refractivity contribution in [3.8, 4) is 17.2 Å². The Morgan fingerprint density at radius 1 is 1.46 bits per heavy atom. The average Bonchev–Trinajstić information content (AvgIpc) is 1.98. The van der Waals surface area contributed by atoms with Gasteiger partial charge in [-0.25, -0.2) is 0 Å². The maximum absolute atomic E-state index is 10.5. The molecule has 0 spiro atoms. The second-order valence-electron chi connectivity index (χ2n) is 2.37. The molecule has 0 unspecified atom stereocenters. The summed E-state index contributed by atoms with van der Waals surface area (Å²) in [6.45, 7) is 1.22. The number of esters is 1. The van der Waals surface area contributed by atoms with Crippen LogP contribution in [-0.4, -0.2) is 16.2 Å². The van der Waals surface area contributed by atoms with Crippen LogP contribution >= 0.6 is 11.6 Å². The van der Waals surface area contributed by atoms with E-state index >= 15 is 0 Å². The fraction of sp³-hybridized carbons (Fsp3) is 0.125. The summed E-state index contributed by atoms with van der Waals surface area (Å²) >= 11 is 5.50. The smallest absolute Gasteiger partial charge is 0.308 e. The van der Waals surface area contributed by atoms with Gasteiger partial charge in [0.25, 0.3) is 0 Å². The maximum atomic E-state index is 10.5. The van der Waals surface area contributed by atoms with E-state index in [1.807, 2.05) is 0 Å². The zero-order chi connectivity index (χ0) is 10.0. The highest BCUT2D eigenvalue weighted by Crippen LogP contribution is 2.36. The molecule has 70 valence electrons. The van der Waals surface area contributed by atoms with E-state index in [0.717, 1.165) is 6.07 Å². The van der Waals surface area contributed by atoms with Crippen LogP contribution in [0.3, 0.4) is 0 Å². The molecule has 1 aromatic rings. The van der Waals surface area contributed by atoms with E-state index in [-0.39, 0.29) is 10.8 Å². The molecule has 0 atom stereocenters. The van der Waals surface area contributed by atoms with Gasteiger partial charge in [0.15, 0.2) is 11.5 Å². The SMILES string of the molecule is CC(=O)Oc1cc(O)c(O)c(Cl)c1. The van der Waals surface area contributed by atoms with Gasteiger partial charge in [0, 0.05) is 19.1 Å². The van der Waals surface area contributed by atoms with Crippen LogP contribution < -0.4 is 4.74 Å². The van der Waals surface area contributed by atoms with E-state index in [0.29, 0.717) is 0 Å². The lowest BCUT2D eigenvalue weighted by Crippen LogP contribution is -2.00. The molecule has 13 heavy (non-hydrogen) atoms. The molecule has 1 rings (SSSR count). The molecule has 5 heteroatoms. The Morgan fingerprint density at radius 3 is 2.54 bits per heavy atom. The number of halogens is 1. The molecule has 0 heterocycles. The van der Waals surface area contributed by atoms with Crippen molar-refractivity contribution in [2.45, 2.75) is 6.92 Å². The molecular formula is C8H7ClO4. The van der Waals surface area contributed by atoms with Crippen molar-refractivity contribution >= 4 is 17.6 Å². The number of carbonyl (C=O) groups excluding carboxylic acids is 1. The van der Waals surface area contributed by atoms with Crippen molar-refractivity contribution in [3.63, 3.8) is 0 Å². The Morgan fingerprint density at radius 2 is 2.08 bits per heavy atom. The second kappa shape index (κ2) is 3.53. The quantitative estimate of drug-likeness (QED) is 0.413. The number of ether oxygens (including phenoxy) is 1. The molecule has 1 aromatic carbocycles. The van der Waals surface area contributed by atoms with Gasteiger partial charge in [-0.05, 0) is 0 Å². The molecule has 0 aliphatic rings. The van der Waals surface area contributed by atoms with Crippen LogP contribution in [0.5, 0.6) is 17.2 Å². The maximum Gasteiger partial charge on any atom is 0.308 e. The third-order valence-electron chi connectivity index (χ3n) is 1.28. The van der Waals surface area contributed by atoms with Crippen LogP contribution in [0, 0.1) is 0 Å². The van der Waals surface area contributed by atoms with Gasteiger partial charge in [-0.1, -0.05) is 11.6 Å². The van der Waals surface area contributed by atoms with Crippen LogP contribution in [0.1, 0.15) is 6.92 Å². The molecule has 4 nitrogen and oxygen atoms in total. The number of carbonyl (C=O) groups is 1. The minimum Gasteiger partial charge on any atom is -0.504 e. The molecule has 0 saturated heterocycles. The van der Waals surface area contributed by atoms with Crippen LogP contribution in [0.15, 0.2) is 12.1 Å². The predicted octanol–water partition coefficient (Wildman–Crippen LogP) is 1.68. The fourth-order valence-electron chi connectivity index (χ4n) is 0.785.